The van der Waals surface area contributed by atoms with Crippen LogP contribution in [-0.4, -0.2) is 65.0 Å². The number of aliphatic hydroxyl groups excluding tert-OH is 1. The van der Waals surface area contributed by atoms with Crippen LogP contribution in [0.2, 0.25) is 36.3 Å². The van der Waals surface area contributed by atoms with Gasteiger partial charge in [-0.15, -0.1) is 0 Å². The topological polar surface area (TPSA) is 59.0 Å². The van der Waals surface area contributed by atoms with Gasteiger partial charge in [-0.3, -0.25) is 4.79 Å². The first-order valence-electron chi connectivity index (χ1n) is 19.4. The Bertz CT molecular complexity index is 1320. The average molecular weight is 712 g/mol. The van der Waals surface area contributed by atoms with Gasteiger partial charge in [0, 0.05) is 20.5 Å². The number of aliphatic hydroxyl groups is 1. The van der Waals surface area contributed by atoms with E-state index in [1.807, 2.05) is 6.08 Å². The molecule has 0 unspecified atom stereocenters. The fourth-order valence-corrected chi connectivity index (χ4v) is 11.4. The maximum Gasteiger partial charge on any atom is 0.231 e. The van der Waals surface area contributed by atoms with Crippen molar-refractivity contribution in [1.82, 2.24) is 4.90 Å². The molecule has 0 bridgehead atoms. The number of carbonyl (C=O) groups is 1. The molecule has 7 heteroatoms. The van der Waals surface area contributed by atoms with Crippen molar-refractivity contribution in [2.45, 2.75) is 168 Å². The van der Waals surface area contributed by atoms with Gasteiger partial charge < -0.3 is 18.9 Å². The molecule has 0 heterocycles. The van der Waals surface area contributed by atoms with Crippen LogP contribution in [0.3, 0.4) is 0 Å². The summed E-state index contributed by atoms with van der Waals surface area (Å²) in [5.74, 6) is 1.54. The lowest BCUT2D eigenvalue weighted by Crippen LogP contribution is -2.49. The van der Waals surface area contributed by atoms with Gasteiger partial charge in [-0.25, -0.2) is 0 Å². The summed E-state index contributed by atoms with van der Waals surface area (Å²) in [4.78, 5) is 14.4. The molecule has 4 aliphatic rings. The molecule has 4 saturated carbocycles. The third-order valence-corrected chi connectivity index (χ3v) is 23.2. The van der Waals surface area contributed by atoms with E-state index in [9.17, 15) is 9.90 Å². The molecule has 0 spiro atoms. The number of rotatable bonds is 10. The second kappa shape index (κ2) is 14.3. The van der Waals surface area contributed by atoms with Gasteiger partial charge in [-0.1, -0.05) is 91.8 Å². The SMILES string of the molecule is C=C1/C(=C/C=C2\CCC[C@]3(C)[C@@H]([C@H](C)/C=C/[C@H](O)C4(C(=O)N(C)C)CC4)CC[C@@H]23)C[C@H](O[Si](C)(C)C(C)(C)C)C[C@@H]1O[Si](C)(C)C(C)(C)C. The number of hydrogen-bond acceptors (Lipinski definition) is 4. The third kappa shape index (κ3) is 8.37. The molecule has 0 aromatic carbocycles. The van der Waals surface area contributed by atoms with E-state index in [2.05, 4.69) is 106 Å². The van der Waals surface area contributed by atoms with Crippen LogP contribution in [0.5, 0.6) is 0 Å². The van der Waals surface area contributed by atoms with Crippen molar-refractivity contribution < 1.29 is 18.8 Å². The monoisotopic (exact) mass is 712 g/mol. The zero-order chi connectivity index (χ0) is 37.0. The average Bonchev–Trinajstić information content (AvgIpc) is 3.70. The lowest BCUT2D eigenvalue weighted by Gasteiger charge is -2.45. The van der Waals surface area contributed by atoms with Crippen molar-refractivity contribution in [2.75, 3.05) is 14.1 Å². The van der Waals surface area contributed by atoms with Crippen LogP contribution in [0.15, 0.2) is 47.6 Å². The smallest absolute Gasteiger partial charge is 0.231 e. The Kier molecular flexibility index (Phi) is 11.8. The van der Waals surface area contributed by atoms with Crippen LogP contribution in [0.4, 0.5) is 0 Å². The quantitative estimate of drug-likeness (QED) is 0.181. The molecule has 0 aliphatic heterocycles. The first kappa shape index (κ1) is 40.5. The van der Waals surface area contributed by atoms with Crippen LogP contribution in [0.1, 0.15) is 113 Å². The summed E-state index contributed by atoms with van der Waals surface area (Å²) < 4.78 is 14.2. The van der Waals surface area contributed by atoms with Crippen LogP contribution < -0.4 is 0 Å². The summed E-state index contributed by atoms with van der Waals surface area (Å²) in [6.07, 6.45) is 17.8. The Labute approximate surface area is 303 Å². The van der Waals surface area contributed by atoms with E-state index < -0.39 is 28.2 Å². The molecule has 0 aromatic heterocycles. The summed E-state index contributed by atoms with van der Waals surface area (Å²) in [6, 6.07) is 0. The maximum atomic E-state index is 12.8. The zero-order valence-electron chi connectivity index (χ0n) is 34.0. The number of carbonyl (C=O) groups excluding carboxylic acids is 1. The summed E-state index contributed by atoms with van der Waals surface area (Å²) in [5, 5.41) is 11.4. The Hall–Kier alpha value is -1.26. The van der Waals surface area contributed by atoms with Gasteiger partial charge in [0.25, 0.3) is 0 Å². The number of fused-ring (bicyclic) bond motifs is 1. The number of nitrogens with zero attached hydrogens (tertiary/aromatic N) is 1. The van der Waals surface area contributed by atoms with Gasteiger partial charge in [0.05, 0.1) is 23.7 Å². The van der Waals surface area contributed by atoms with Gasteiger partial charge in [0.2, 0.25) is 5.91 Å². The van der Waals surface area contributed by atoms with E-state index >= 15 is 0 Å². The highest BCUT2D eigenvalue weighted by molar-refractivity contribution is 6.74. The molecule has 1 amide bonds. The lowest BCUT2D eigenvalue weighted by atomic mass is 9.61. The molecule has 49 heavy (non-hydrogen) atoms. The number of hydrogen-bond donors (Lipinski definition) is 1. The van der Waals surface area contributed by atoms with Crippen molar-refractivity contribution in [3.63, 3.8) is 0 Å². The largest absolute Gasteiger partial charge is 0.413 e. The second-order valence-electron chi connectivity index (χ2n) is 19.9. The molecule has 0 aromatic rings. The standard InChI is InChI=1S/C42H73NO4Si2/c1-29(18-23-37(44)42(25-26-42)38(45)43(10)11)34-21-22-35-31(17-16-24-41(34,35)9)19-20-32-27-33(46-48(12,13)39(3,4)5)28-36(30(32)2)47-49(14,15)40(6,7)8/h18-20,23,29,33-37,44H,2,16-17,21-22,24-28H2,1,3-15H3/b23-18+,31-19+,32-20+/t29-,33+,34-,35+,36+,37+,41-/m1/s1. The highest BCUT2D eigenvalue weighted by Gasteiger charge is 2.56. The van der Waals surface area contributed by atoms with Crippen LogP contribution in [-0.2, 0) is 13.6 Å². The molecular formula is C42H73NO4Si2. The normalized spacial score (nSPS) is 32.4. The van der Waals surface area contributed by atoms with Gasteiger partial charge >= 0.3 is 0 Å². The Morgan fingerprint density at radius 3 is 2.10 bits per heavy atom. The van der Waals surface area contributed by atoms with Crippen molar-refractivity contribution in [1.29, 1.82) is 0 Å². The van der Waals surface area contributed by atoms with E-state index in [0.717, 1.165) is 37.7 Å². The first-order valence-corrected chi connectivity index (χ1v) is 25.2. The van der Waals surface area contributed by atoms with E-state index in [1.165, 1.54) is 31.3 Å². The number of amides is 1. The molecule has 278 valence electrons. The predicted octanol–water partition coefficient (Wildman–Crippen LogP) is 10.6. The van der Waals surface area contributed by atoms with Crippen LogP contribution in [0, 0.1) is 28.6 Å². The van der Waals surface area contributed by atoms with E-state index in [0.29, 0.717) is 17.8 Å². The molecule has 5 nitrogen and oxygen atoms in total. The summed E-state index contributed by atoms with van der Waals surface area (Å²) in [7, 11) is -0.389. The van der Waals surface area contributed by atoms with E-state index in [-0.39, 0.29) is 33.6 Å². The first-order chi connectivity index (χ1) is 22.4. The molecule has 7 atom stereocenters. The molecule has 4 rings (SSSR count). The van der Waals surface area contributed by atoms with Crippen molar-refractivity contribution in [3.8, 4) is 0 Å². The predicted molar refractivity (Wildman–Crippen MR) is 212 cm³/mol. The van der Waals surface area contributed by atoms with E-state index in [1.54, 1.807) is 24.6 Å². The van der Waals surface area contributed by atoms with Crippen molar-refractivity contribution in [2.24, 2.45) is 28.6 Å². The van der Waals surface area contributed by atoms with E-state index in [4.69, 9.17) is 8.85 Å². The maximum absolute atomic E-state index is 12.8. The lowest BCUT2D eigenvalue weighted by molar-refractivity contribution is -0.137. The minimum absolute atomic E-state index is 0.00710. The Morgan fingerprint density at radius 2 is 1.55 bits per heavy atom. The Balaban J connectivity index is 1.56. The van der Waals surface area contributed by atoms with Gasteiger partial charge in [-0.05, 0) is 122 Å². The van der Waals surface area contributed by atoms with Crippen molar-refractivity contribution >= 4 is 22.5 Å². The molecule has 0 saturated heterocycles. The molecule has 4 aliphatic carbocycles. The summed E-state index contributed by atoms with van der Waals surface area (Å²) in [6.45, 7) is 32.9. The van der Waals surface area contributed by atoms with Crippen molar-refractivity contribution in [3.05, 3.63) is 47.6 Å². The summed E-state index contributed by atoms with van der Waals surface area (Å²) in [5.41, 5.74) is 3.68. The fourth-order valence-electron chi connectivity index (χ4n) is 8.72. The highest BCUT2D eigenvalue weighted by Crippen LogP contribution is 2.60. The zero-order valence-corrected chi connectivity index (χ0v) is 36.0. The van der Waals surface area contributed by atoms with Crippen LogP contribution >= 0.6 is 0 Å². The summed E-state index contributed by atoms with van der Waals surface area (Å²) >= 11 is 0. The third-order valence-electron chi connectivity index (χ3n) is 14.2. The molecule has 4 fully saturated rings. The second-order valence-corrected chi connectivity index (χ2v) is 29.4. The number of allylic oxidation sites excluding steroid dienone is 4. The van der Waals surface area contributed by atoms with Gasteiger partial charge in [0.1, 0.15) is 0 Å². The molecular weight excluding hydrogens is 639 g/mol. The van der Waals surface area contributed by atoms with Crippen LogP contribution in [0.25, 0.3) is 0 Å². The molecule has 1 N–H and O–H groups in total. The molecule has 0 radical (unpaired) electrons. The minimum atomic E-state index is -2.01. The van der Waals surface area contributed by atoms with Gasteiger partial charge in [0.15, 0.2) is 16.6 Å². The van der Waals surface area contributed by atoms with Gasteiger partial charge in [-0.2, -0.15) is 0 Å². The highest BCUT2D eigenvalue weighted by atomic mass is 28.4. The fraction of sp³-hybridized carbons (Fsp3) is 0.786. The Morgan fingerprint density at radius 1 is 0.959 bits per heavy atom. The minimum Gasteiger partial charge on any atom is -0.413 e.